The molecule has 7 nitrogen and oxygen atoms in total. The van der Waals surface area contributed by atoms with Crippen LogP contribution in [0, 0.1) is 3.70 Å². The smallest absolute Gasteiger partial charge is 0.258 e. The van der Waals surface area contributed by atoms with Crippen LogP contribution in [0.5, 0.6) is 0 Å². The molecule has 0 bridgehead atoms. The summed E-state index contributed by atoms with van der Waals surface area (Å²) in [4.78, 5) is 8.82. The van der Waals surface area contributed by atoms with Crippen LogP contribution in [0.1, 0.15) is 12.0 Å². The molecule has 1 atom stereocenters. The molecule has 0 saturated carbocycles. The first kappa shape index (κ1) is 13.2. The molecule has 1 aliphatic heterocycles. The molecular formula is C13H11IN4O3. The molecule has 0 unspecified atom stereocenters. The van der Waals surface area contributed by atoms with Crippen molar-refractivity contribution in [1.82, 2.24) is 19.5 Å². The van der Waals surface area contributed by atoms with Crippen LogP contribution in [-0.4, -0.2) is 39.3 Å². The van der Waals surface area contributed by atoms with E-state index in [4.69, 9.17) is 14.0 Å². The number of rotatable bonds is 2. The molecule has 0 aromatic carbocycles. The molecular weight excluding hydrogens is 387 g/mol. The maximum atomic E-state index is 5.56. The average Bonchev–Trinajstić information content (AvgIpc) is 3.16. The Morgan fingerprint density at radius 2 is 2.29 bits per heavy atom. The number of hydrogen-bond donors (Lipinski definition) is 0. The van der Waals surface area contributed by atoms with Crippen molar-refractivity contribution in [2.45, 2.75) is 6.10 Å². The zero-order valence-corrected chi connectivity index (χ0v) is 13.1. The normalized spacial score (nSPS) is 19.2. The average molecular weight is 398 g/mol. The number of ether oxygens (including phenoxy) is 2. The Bertz CT molecular complexity index is 779. The van der Waals surface area contributed by atoms with Crippen LogP contribution in [0.3, 0.4) is 0 Å². The number of imidazole rings is 1. The van der Waals surface area contributed by atoms with Crippen molar-refractivity contribution in [3.05, 3.63) is 34.1 Å². The van der Waals surface area contributed by atoms with Gasteiger partial charge in [-0.05, 0) is 34.7 Å². The number of nitrogens with zero attached hydrogens (tertiary/aromatic N) is 4. The van der Waals surface area contributed by atoms with E-state index in [0.29, 0.717) is 31.5 Å². The van der Waals surface area contributed by atoms with Gasteiger partial charge in [0.1, 0.15) is 9.35 Å². The highest BCUT2D eigenvalue weighted by Crippen LogP contribution is 2.25. The largest absolute Gasteiger partial charge is 0.376 e. The van der Waals surface area contributed by atoms with E-state index in [9.17, 15) is 0 Å². The van der Waals surface area contributed by atoms with E-state index in [0.717, 1.165) is 14.9 Å². The lowest BCUT2D eigenvalue weighted by Gasteiger charge is -2.19. The maximum Gasteiger partial charge on any atom is 0.258 e. The lowest BCUT2D eigenvalue weighted by atomic mass is 10.2. The third kappa shape index (κ3) is 2.32. The Hall–Kier alpha value is -1.52. The molecule has 21 heavy (non-hydrogen) atoms. The van der Waals surface area contributed by atoms with Crippen molar-refractivity contribution in [3.8, 4) is 11.4 Å². The lowest BCUT2D eigenvalue weighted by molar-refractivity contribution is -0.101. The summed E-state index contributed by atoms with van der Waals surface area (Å²) in [6.45, 7) is 1.58. The summed E-state index contributed by atoms with van der Waals surface area (Å²) in [6, 6.07) is 3.85. The summed E-state index contributed by atoms with van der Waals surface area (Å²) < 4.78 is 19.2. The van der Waals surface area contributed by atoms with Gasteiger partial charge < -0.3 is 14.0 Å². The highest BCUT2D eigenvalue weighted by Gasteiger charge is 2.24. The molecule has 0 N–H and O–H groups in total. The van der Waals surface area contributed by atoms with Crippen molar-refractivity contribution >= 4 is 28.2 Å². The van der Waals surface area contributed by atoms with Crippen LogP contribution in [-0.2, 0) is 9.47 Å². The zero-order valence-electron chi connectivity index (χ0n) is 10.9. The van der Waals surface area contributed by atoms with Crippen LogP contribution in [0.2, 0.25) is 0 Å². The minimum absolute atomic E-state index is 0.292. The van der Waals surface area contributed by atoms with Gasteiger partial charge in [-0.15, -0.1) is 0 Å². The quantitative estimate of drug-likeness (QED) is 0.616. The molecule has 0 aliphatic carbocycles. The molecule has 0 spiro atoms. The summed E-state index contributed by atoms with van der Waals surface area (Å²) in [5, 5.41) is 4.04. The molecule has 108 valence electrons. The second kappa shape index (κ2) is 5.35. The van der Waals surface area contributed by atoms with E-state index < -0.39 is 0 Å². The van der Waals surface area contributed by atoms with E-state index in [1.54, 1.807) is 6.20 Å². The van der Waals surface area contributed by atoms with Crippen molar-refractivity contribution in [2.24, 2.45) is 0 Å². The first-order valence-corrected chi connectivity index (χ1v) is 7.56. The van der Waals surface area contributed by atoms with Crippen LogP contribution in [0.15, 0.2) is 29.0 Å². The number of halogens is 1. The van der Waals surface area contributed by atoms with E-state index in [2.05, 4.69) is 37.7 Å². The maximum absolute atomic E-state index is 5.56. The summed E-state index contributed by atoms with van der Waals surface area (Å²) in [6.07, 6.45) is 3.46. The minimum Gasteiger partial charge on any atom is -0.376 e. The molecule has 8 heteroatoms. The first-order chi connectivity index (χ1) is 10.3. The van der Waals surface area contributed by atoms with Gasteiger partial charge in [-0.25, -0.2) is 4.98 Å². The van der Waals surface area contributed by atoms with E-state index >= 15 is 0 Å². The zero-order chi connectivity index (χ0) is 14.2. The number of aromatic nitrogens is 4. The molecule has 0 radical (unpaired) electrons. The van der Waals surface area contributed by atoms with Crippen molar-refractivity contribution in [3.63, 3.8) is 0 Å². The second-order valence-electron chi connectivity index (χ2n) is 4.59. The Labute approximate surface area is 133 Å². The monoisotopic (exact) mass is 398 g/mol. The Balaban J connectivity index is 1.74. The fourth-order valence-corrected chi connectivity index (χ4v) is 2.79. The van der Waals surface area contributed by atoms with Crippen molar-refractivity contribution in [1.29, 1.82) is 0 Å². The van der Waals surface area contributed by atoms with Crippen molar-refractivity contribution < 1.29 is 14.0 Å². The molecule has 1 aliphatic rings. The Kier molecular flexibility index (Phi) is 3.36. The topological polar surface area (TPSA) is 74.7 Å². The first-order valence-electron chi connectivity index (χ1n) is 6.48. The van der Waals surface area contributed by atoms with Crippen LogP contribution < -0.4 is 0 Å². The standard InChI is InChI=1S/C13H11IN4O3/c14-10-6-15-12-8(2-1-3-18(10)12)11-16-13(21-17-11)9-7-19-4-5-20-9/h1-3,6,9H,4-5,7H2/t9-/m0/s1. The van der Waals surface area contributed by atoms with Gasteiger partial charge in [0.05, 0.1) is 31.6 Å². The summed E-state index contributed by atoms with van der Waals surface area (Å²) in [5.74, 6) is 0.944. The SMILES string of the molecule is Ic1cnc2c(-c3noc([C@@H]4COCCO4)n3)cccn12. The van der Waals surface area contributed by atoms with Gasteiger partial charge in [-0.2, -0.15) is 4.98 Å². The molecule has 0 amide bonds. The molecule has 1 saturated heterocycles. The molecule has 4 heterocycles. The van der Waals surface area contributed by atoms with Crippen LogP contribution in [0.25, 0.3) is 17.0 Å². The number of hydrogen-bond acceptors (Lipinski definition) is 6. The van der Waals surface area contributed by atoms with Crippen molar-refractivity contribution in [2.75, 3.05) is 19.8 Å². The van der Waals surface area contributed by atoms with Gasteiger partial charge in [-0.3, -0.25) is 4.40 Å². The fraction of sp³-hybridized carbons (Fsp3) is 0.308. The van der Waals surface area contributed by atoms with Gasteiger partial charge in [0, 0.05) is 6.20 Å². The van der Waals surface area contributed by atoms with E-state index in [1.807, 2.05) is 22.7 Å². The Morgan fingerprint density at radius 3 is 3.14 bits per heavy atom. The minimum atomic E-state index is -0.292. The van der Waals surface area contributed by atoms with E-state index in [1.165, 1.54) is 0 Å². The summed E-state index contributed by atoms with van der Waals surface area (Å²) >= 11 is 2.23. The van der Waals surface area contributed by atoms with Gasteiger partial charge in [0.15, 0.2) is 6.10 Å². The number of fused-ring (bicyclic) bond motifs is 1. The summed E-state index contributed by atoms with van der Waals surface area (Å²) in [7, 11) is 0. The third-order valence-corrected chi connectivity index (χ3v) is 4.06. The van der Waals surface area contributed by atoms with E-state index in [-0.39, 0.29) is 6.10 Å². The summed E-state index contributed by atoms with van der Waals surface area (Å²) in [5.41, 5.74) is 1.63. The highest BCUT2D eigenvalue weighted by atomic mass is 127. The van der Waals surface area contributed by atoms with Crippen LogP contribution in [0.4, 0.5) is 0 Å². The lowest BCUT2D eigenvalue weighted by Crippen LogP contribution is -2.22. The van der Waals surface area contributed by atoms with Gasteiger partial charge in [0.25, 0.3) is 5.89 Å². The third-order valence-electron chi connectivity index (χ3n) is 3.26. The van der Waals surface area contributed by atoms with Gasteiger partial charge in [0.2, 0.25) is 5.82 Å². The molecule has 4 rings (SSSR count). The molecule has 3 aromatic heterocycles. The predicted molar refractivity (Wildman–Crippen MR) is 80.7 cm³/mol. The molecule has 1 fully saturated rings. The fourth-order valence-electron chi connectivity index (χ4n) is 2.26. The Morgan fingerprint density at radius 1 is 1.33 bits per heavy atom. The van der Waals surface area contributed by atoms with Crippen LogP contribution >= 0.6 is 22.6 Å². The number of pyridine rings is 1. The highest BCUT2D eigenvalue weighted by molar-refractivity contribution is 14.1. The predicted octanol–water partition coefficient (Wildman–Crippen LogP) is 2.08. The van der Waals surface area contributed by atoms with Gasteiger partial charge >= 0.3 is 0 Å². The molecule has 3 aromatic rings. The second-order valence-corrected chi connectivity index (χ2v) is 5.69. The van der Waals surface area contributed by atoms with Gasteiger partial charge in [-0.1, -0.05) is 5.16 Å².